The highest BCUT2D eigenvalue weighted by Gasteiger charge is 2.15. The van der Waals surface area contributed by atoms with E-state index in [9.17, 15) is 4.79 Å². The molecule has 0 aliphatic rings. The number of aryl methyl sites for hydroxylation is 1. The fourth-order valence-corrected chi connectivity index (χ4v) is 0.806. The van der Waals surface area contributed by atoms with Crippen LogP contribution < -0.4 is 16.0 Å². The molecule has 0 radical (unpaired) electrons. The molecule has 0 atom stereocenters. The standard InChI is InChI=1S/C7H11N3O3/c1-3-12-7-4(2)9-6(13-7)5(11)10-8/h3,8H2,1-2H3,(H,10,11). The highest BCUT2D eigenvalue weighted by molar-refractivity contribution is 5.89. The van der Waals surface area contributed by atoms with Gasteiger partial charge in [0.25, 0.3) is 5.89 Å². The van der Waals surface area contributed by atoms with E-state index in [1.54, 1.807) is 6.92 Å². The van der Waals surface area contributed by atoms with Crippen LogP contribution in [0.1, 0.15) is 23.3 Å². The summed E-state index contributed by atoms with van der Waals surface area (Å²) in [5, 5.41) is 0. The number of nitrogen functional groups attached to an aromatic ring is 1. The molecule has 72 valence electrons. The summed E-state index contributed by atoms with van der Waals surface area (Å²) in [5.41, 5.74) is 2.44. The van der Waals surface area contributed by atoms with Crippen LogP contribution in [0.5, 0.6) is 5.95 Å². The lowest BCUT2D eigenvalue weighted by Crippen LogP contribution is -2.30. The van der Waals surface area contributed by atoms with E-state index in [-0.39, 0.29) is 11.8 Å². The van der Waals surface area contributed by atoms with Crippen molar-refractivity contribution in [2.24, 2.45) is 5.84 Å². The lowest BCUT2D eigenvalue weighted by atomic mass is 10.5. The lowest BCUT2D eigenvalue weighted by Gasteiger charge is -1.95. The first-order valence-corrected chi connectivity index (χ1v) is 3.80. The maximum Gasteiger partial charge on any atom is 0.321 e. The Morgan fingerprint density at radius 3 is 3.00 bits per heavy atom. The van der Waals surface area contributed by atoms with Crippen molar-refractivity contribution in [2.45, 2.75) is 13.8 Å². The Labute approximate surface area is 75.0 Å². The van der Waals surface area contributed by atoms with Crippen molar-refractivity contribution in [1.29, 1.82) is 0 Å². The summed E-state index contributed by atoms with van der Waals surface area (Å²) in [6.07, 6.45) is 0. The van der Waals surface area contributed by atoms with Crippen molar-refractivity contribution in [3.63, 3.8) is 0 Å². The second-order valence-electron chi connectivity index (χ2n) is 2.30. The number of amides is 1. The Morgan fingerprint density at radius 1 is 1.77 bits per heavy atom. The zero-order chi connectivity index (χ0) is 9.84. The van der Waals surface area contributed by atoms with Crippen molar-refractivity contribution in [3.05, 3.63) is 11.6 Å². The summed E-state index contributed by atoms with van der Waals surface area (Å²) in [6, 6.07) is 0. The molecule has 1 rings (SSSR count). The maximum absolute atomic E-state index is 10.9. The molecule has 0 aromatic carbocycles. The van der Waals surface area contributed by atoms with E-state index >= 15 is 0 Å². The first-order chi connectivity index (χ1) is 6.19. The van der Waals surface area contributed by atoms with E-state index < -0.39 is 5.91 Å². The minimum Gasteiger partial charge on any atom is -0.464 e. The molecule has 1 heterocycles. The monoisotopic (exact) mass is 185 g/mol. The van der Waals surface area contributed by atoms with E-state index in [0.717, 1.165) is 0 Å². The molecule has 6 nitrogen and oxygen atoms in total. The van der Waals surface area contributed by atoms with Crippen LogP contribution in [-0.4, -0.2) is 17.5 Å². The van der Waals surface area contributed by atoms with E-state index in [2.05, 4.69) is 4.98 Å². The number of ether oxygens (including phenoxy) is 1. The third kappa shape index (κ3) is 1.97. The molecular weight excluding hydrogens is 174 g/mol. The third-order valence-corrected chi connectivity index (χ3v) is 1.35. The second kappa shape index (κ2) is 3.90. The van der Waals surface area contributed by atoms with Crippen LogP contribution in [0.2, 0.25) is 0 Å². The molecule has 0 saturated carbocycles. The van der Waals surface area contributed by atoms with Gasteiger partial charge in [0.05, 0.1) is 6.61 Å². The van der Waals surface area contributed by atoms with Gasteiger partial charge in [0, 0.05) is 0 Å². The van der Waals surface area contributed by atoms with E-state index in [1.807, 2.05) is 12.3 Å². The van der Waals surface area contributed by atoms with Crippen LogP contribution in [0, 0.1) is 6.92 Å². The topological polar surface area (TPSA) is 90.4 Å². The average Bonchev–Trinajstić information content (AvgIpc) is 2.47. The molecule has 0 spiro atoms. The van der Waals surface area contributed by atoms with Crippen molar-refractivity contribution < 1.29 is 13.9 Å². The molecule has 3 N–H and O–H groups in total. The molecule has 0 bridgehead atoms. The summed E-state index contributed by atoms with van der Waals surface area (Å²) in [6.45, 7) is 3.95. The molecule has 6 heteroatoms. The second-order valence-corrected chi connectivity index (χ2v) is 2.30. The molecule has 13 heavy (non-hydrogen) atoms. The zero-order valence-corrected chi connectivity index (χ0v) is 7.46. The minimum absolute atomic E-state index is 0.0940. The Balaban J connectivity index is 2.88. The van der Waals surface area contributed by atoms with Gasteiger partial charge in [-0.15, -0.1) is 0 Å². The zero-order valence-electron chi connectivity index (χ0n) is 7.46. The van der Waals surface area contributed by atoms with E-state index in [4.69, 9.17) is 15.0 Å². The van der Waals surface area contributed by atoms with Crippen molar-refractivity contribution in [1.82, 2.24) is 10.4 Å². The van der Waals surface area contributed by atoms with Gasteiger partial charge in [0.15, 0.2) is 0 Å². The van der Waals surface area contributed by atoms with Crippen molar-refractivity contribution in [2.75, 3.05) is 6.61 Å². The van der Waals surface area contributed by atoms with Gasteiger partial charge in [0.2, 0.25) is 0 Å². The first-order valence-electron chi connectivity index (χ1n) is 3.80. The number of oxazole rings is 1. The number of nitrogens with zero attached hydrogens (tertiary/aromatic N) is 1. The molecule has 0 fully saturated rings. The third-order valence-electron chi connectivity index (χ3n) is 1.35. The fraction of sp³-hybridized carbons (Fsp3) is 0.429. The van der Waals surface area contributed by atoms with E-state index in [0.29, 0.717) is 12.3 Å². The van der Waals surface area contributed by atoms with Crippen LogP contribution in [0.3, 0.4) is 0 Å². The summed E-state index contributed by atoms with van der Waals surface area (Å²) in [4.78, 5) is 14.8. The van der Waals surface area contributed by atoms with Crippen LogP contribution in [0.15, 0.2) is 4.42 Å². The van der Waals surface area contributed by atoms with Crippen LogP contribution in [0.25, 0.3) is 0 Å². The summed E-state index contributed by atoms with van der Waals surface area (Å²) < 4.78 is 10.0. The van der Waals surface area contributed by atoms with Gasteiger partial charge in [-0.05, 0) is 13.8 Å². The molecule has 1 aromatic heterocycles. The molecule has 1 amide bonds. The number of carbonyl (C=O) groups is 1. The first kappa shape index (κ1) is 9.53. The Kier molecular flexibility index (Phi) is 2.86. The Hall–Kier alpha value is -1.56. The molecule has 0 saturated heterocycles. The van der Waals surface area contributed by atoms with Crippen LogP contribution >= 0.6 is 0 Å². The quantitative estimate of drug-likeness (QED) is 0.392. The van der Waals surface area contributed by atoms with Crippen molar-refractivity contribution >= 4 is 5.91 Å². The van der Waals surface area contributed by atoms with Crippen LogP contribution in [-0.2, 0) is 0 Å². The number of carbonyl (C=O) groups excluding carboxylic acids is 1. The van der Waals surface area contributed by atoms with Gasteiger partial charge >= 0.3 is 11.9 Å². The smallest absolute Gasteiger partial charge is 0.321 e. The number of rotatable bonds is 3. The molecule has 0 aliphatic carbocycles. The Morgan fingerprint density at radius 2 is 2.46 bits per heavy atom. The fourth-order valence-electron chi connectivity index (χ4n) is 0.806. The highest BCUT2D eigenvalue weighted by atomic mass is 16.6. The molecular formula is C7H11N3O3. The lowest BCUT2D eigenvalue weighted by molar-refractivity contribution is 0.0910. The minimum atomic E-state index is -0.575. The van der Waals surface area contributed by atoms with Gasteiger partial charge in [-0.25, -0.2) is 10.8 Å². The number of nitrogens with one attached hydrogen (secondary N) is 1. The normalized spacial score (nSPS) is 9.77. The highest BCUT2D eigenvalue weighted by Crippen LogP contribution is 2.18. The predicted molar refractivity (Wildman–Crippen MR) is 44.1 cm³/mol. The Bertz CT molecular complexity index is 308. The van der Waals surface area contributed by atoms with Gasteiger partial charge in [-0.1, -0.05) is 0 Å². The van der Waals surface area contributed by atoms with Gasteiger partial charge in [0.1, 0.15) is 5.69 Å². The van der Waals surface area contributed by atoms with Crippen LogP contribution in [0.4, 0.5) is 0 Å². The number of hydrogen-bond donors (Lipinski definition) is 2. The number of aromatic nitrogens is 1. The molecule has 0 unspecified atom stereocenters. The predicted octanol–water partition coefficient (Wildman–Crippen LogP) is -0.0148. The number of nitrogens with two attached hydrogens (primary N) is 1. The largest absolute Gasteiger partial charge is 0.464 e. The van der Waals surface area contributed by atoms with Gasteiger partial charge < -0.3 is 9.15 Å². The number of hydrazine groups is 1. The van der Waals surface area contributed by atoms with E-state index in [1.165, 1.54) is 0 Å². The van der Waals surface area contributed by atoms with Gasteiger partial charge in [-0.3, -0.25) is 10.2 Å². The summed E-state index contributed by atoms with van der Waals surface area (Å²) >= 11 is 0. The molecule has 0 aliphatic heterocycles. The number of hydrogen-bond acceptors (Lipinski definition) is 5. The SMILES string of the molecule is CCOc1oc(C(=O)NN)nc1C. The summed E-state index contributed by atoms with van der Waals surface area (Å²) in [5.74, 6) is 4.48. The average molecular weight is 185 g/mol. The van der Waals surface area contributed by atoms with Crippen molar-refractivity contribution in [3.8, 4) is 5.95 Å². The van der Waals surface area contributed by atoms with Gasteiger partial charge in [-0.2, -0.15) is 0 Å². The maximum atomic E-state index is 10.9. The summed E-state index contributed by atoms with van der Waals surface area (Å²) in [7, 11) is 0. The molecule has 1 aromatic rings.